The Labute approximate surface area is 128 Å². The van der Waals surface area contributed by atoms with Crippen molar-refractivity contribution in [2.75, 3.05) is 45.9 Å². The molecule has 2 aliphatic heterocycles. The van der Waals surface area contributed by atoms with Crippen molar-refractivity contribution in [3.63, 3.8) is 0 Å². The van der Waals surface area contributed by atoms with Gasteiger partial charge < -0.3 is 9.64 Å². The largest absolute Gasteiger partial charge is 0.381 e. The smallest absolute Gasteiger partial charge is 0.246 e. The van der Waals surface area contributed by atoms with Crippen molar-refractivity contribution in [3.05, 3.63) is 11.6 Å². The fourth-order valence-electron chi connectivity index (χ4n) is 3.66. The highest BCUT2D eigenvalue weighted by molar-refractivity contribution is 5.88. The number of hydrogen-bond donors (Lipinski definition) is 0. The number of ether oxygens (including phenoxy) is 1. The molecule has 1 amide bonds. The monoisotopic (exact) mass is 292 g/mol. The van der Waals surface area contributed by atoms with Crippen molar-refractivity contribution in [2.45, 2.75) is 38.5 Å². The summed E-state index contributed by atoms with van der Waals surface area (Å²) in [5.74, 6) is 0.951. The van der Waals surface area contributed by atoms with E-state index < -0.39 is 0 Å². The molecule has 3 fully saturated rings. The summed E-state index contributed by atoms with van der Waals surface area (Å²) < 4.78 is 5.44. The molecule has 1 unspecified atom stereocenters. The van der Waals surface area contributed by atoms with E-state index in [1.54, 1.807) is 0 Å². The zero-order valence-electron chi connectivity index (χ0n) is 13.1. The van der Waals surface area contributed by atoms with Crippen molar-refractivity contribution < 1.29 is 9.53 Å². The summed E-state index contributed by atoms with van der Waals surface area (Å²) >= 11 is 0. The molecule has 0 aromatic carbocycles. The number of hydrogen-bond acceptors (Lipinski definition) is 3. The fourth-order valence-corrected chi connectivity index (χ4v) is 3.66. The van der Waals surface area contributed by atoms with E-state index in [9.17, 15) is 4.79 Å². The van der Waals surface area contributed by atoms with Crippen molar-refractivity contribution in [1.29, 1.82) is 0 Å². The molecule has 1 aliphatic carbocycles. The zero-order chi connectivity index (χ0) is 14.5. The Balaban J connectivity index is 1.43. The molecule has 2 heterocycles. The van der Waals surface area contributed by atoms with Crippen molar-refractivity contribution in [3.8, 4) is 0 Å². The Morgan fingerprint density at radius 1 is 1.14 bits per heavy atom. The van der Waals surface area contributed by atoms with Gasteiger partial charge in [-0.1, -0.05) is 12.0 Å². The van der Waals surface area contributed by atoms with Crippen LogP contribution in [0.3, 0.4) is 0 Å². The number of carbonyl (C=O) groups excluding carboxylic acids is 1. The Bertz CT molecular complexity index is 372. The van der Waals surface area contributed by atoms with E-state index in [1.807, 2.05) is 11.0 Å². The van der Waals surface area contributed by atoms with Crippen LogP contribution in [0.1, 0.15) is 38.5 Å². The van der Waals surface area contributed by atoms with E-state index >= 15 is 0 Å². The zero-order valence-corrected chi connectivity index (χ0v) is 13.1. The van der Waals surface area contributed by atoms with Gasteiger partial charge in [-0.05, 0) is 38.0 Å². The Hall–Kier alpha value is -0.870. The van der Waals surface area contributed by atoms with E-state index in [-0.39, 0.29) is 5.91 Å². The second-order valence-electron chi connectivity index (χ2n) is 6.72. The number of piperazine rings is 1. The second-order valence-corrected chi connectivity index (χ2v) is 6.72. The minimum atomic E-state index is 0.246. The normalized spacial score (nSPS) is 27.9. The molecule has 118 valence electrons. The number of amides is 1. The third kappa shape index (κ3) is 4.30. The van der Waals surface area contributed by atoms with Gasteiger partial charge in [-0.3, -0.25) is 9.69 Å². The molecule has 0 aromatic heterocycles. The van der Waals surface area contributed by atoms with Gasteiger partial charge in [-0.15, -0.1) is 0 Å². The number of carbonyl (C=O) groups is 1. The molecular weight excluding hydrogens is 264 g/mol. The average molecular weight is 292 g/mol. The summed E-state index contributed by atoms with van der Waals surface area (Å²) in [4.78, 5) is 16.9. The van der Waals surface area contributed by atoms with Crippen LogP contribution in [0.4, 0.5) is 0 Å². The minimum Gasteiger partial charge on any atom is -0.381 e. The molecule has 0 aromatic rings. The quantitative estimate of drug-likeness (QED) is 0.747. The van der Waals surface area contributed by atoms with Crippen LogP contribution < -0.4 is 0 Å². The summed E-state index contributed by atoms with van der Waals surface area (Å²) in [5.41, 5.74) is 1.37. The summed E-state index contributed by atoms with van der Waals surface area (Å²) in [6, 6.07) is 0. The first-order valence-electron chi connectivity index (χ1n) is 8.60. The topological polar surface area (TPSA) is 32.8 Å². The van der Waals surface area contributed by atoms with Gasteiger partial charge >= 0.3 is 0 Å². The predicted octanol–water partition coefficient (Wildman–Crippen LogP) is 2.06. The molecule has 0 N–H and O–H groups in total. The highest BCUT2D eigenvalue weighted by Gasteiger charge is 2.24. The first kappa shape index (κ1) is 15.0. The van der Waals surface area contributed by atoms with Crippen LogP contribution in [-0.4, -0.2) is 61.6 Å². The van der Waals surface area contributed by atoms with Gasteiger partial charge in [0.2, 0.25) is 5.91 Å². The number of allylic oxidation sites excluding steroid dienone is 1. The van der Waals surface area contributed by atoms with Gasteiger partial charge in [-0.2, -0.15) is 0 Å². The van der Waals surface area contributed by atoms with Crippen LogP contribution in [0.15, 0.2) is 11.6 Å². The van der Waals surface area contributed by atoms with E-state index in [1.165, 1.54) is 31.3 Å². The van der Waals surface area contributed by atoms with Crippen molar-refractivity contribution in [1.82, 2.24) is 9.80 Å². The number of nitrogens with zero attached hydrogens (tertiary/aromatic N) is 2. The van der Waals surface area contributed by atoms with Crippen LogP contribution in [0, 0.1) is 5.92 Å². The van der Waals surface area contributed by atoms with E-state index in [0.717, 1.165) is 58.8 Å². The van der Waals surface area contributed by atoms with Crippen LogP contribution in [0.25, 0.3) is 0 Å². The molecular formula is C17H28N2O2. The molecule has 3 rings (SSSR count). The lowest BCUT2D eigenvalue weighted by molar-refractivity contribution is -0.127. The molecule has 1 atom stereocenters. The Morgan fingerprint density at radius 2 is 1.90 bits per heavy atom. The molecule has 3 aliphatic rings. The highest BCUT2D eigenvalue weighted by atomic mass is 16.5. The maximum atomic E-state index is 12.3. The second kappa shape index (κ2) is 7.41. The first-order valence-corrected chi connectivity index (χ1v) is 8.60. The number of rotatable bonds is 3. The van der Waals surface area contributed by atoms with Gasteiger partial charge in [0.15, 0.2) is 0 Å². The lowest BCUT2D eigenvalue weighted by atomic mass is 9.94. The predicted molar refractivity (Wildman–Crippen MR) is 83.1 cm³/mol. The van der Waals surface area contributed by atoms with Crippen molar-refractivity contribution >= 4 is 5.91 Å². The summed E-state index contributed by atoms with van der Waals surface area (Å²) in [6.45, 7) is 6.80. The average Bonchev–Trinajstić information content (AvgIpc) is 3.02. The van der Waals surface area contributed by atoms with Crippen LogP contribution >= 0.6 is 0 Å². The van der Waals surface area contributed by atoms with E-state index in [2.05, 4.69) is 4.90 Å². The lowest BCUT2D eigenvalue weighted by Gasteiger charge is -2.35. The molecule has 0 radical (unpaired) electrons. The fraction of sp³-hybridized carbons (Fsp3) is 0.824. The summed E-state index contributed by atoms with van der Waals surface area (Å²) in [7, 11) is 0. The van der Waals surface area contributed by atoms with Gasteiger partial charge in [0.1, 0.15) is 0 Å². The van der Waals surface area contributed by atoms with Crippen LogP contribution in [-0.2, 0) is 9.53 Å². The van der Waals surface area contributed by atoms with Gasteiger partial charge in [0.25, 0.3) is 0 Å². The van der Waals surface area contributed by atoms with Gasteiger partial charge in [0, 0.05) is 45.4 Å². The standard InChI is InChI=1S/C17H28N2O2/c20-17(12-15-4-2-1-3-5-15)19-9-7-18(8-10-19)13-16-6-11-21-14-16/h12,16H,1-11,13-14H2. The molecule has 1 saturated carbocycles. The minimum absolute atomic E-state index is 0.246. The molecule has 4 heteroatoms. The first-order chi connectivity index (χ1) is 10.3. The molecule has 2 saturated heterocycles. The van der Waals surface area contributed by atoms with Gasteiger partial charge in [-0.25, -0.2) is 0 Å². The summed E-state index contributed by atoms with van der Waals surface area (Å²) in [5, 5.41) is 0. The highest BCUT2D eigenvalue weighted by Crippen LogP contribution is 2.23. The molecule has 0 spiro atoms. The Morgan fingerprint density at radius 3 is 2.57 bits per heavy atom. The molecule has 0 bridgehead atoms. The van der Waals surface area contributed by atoms with Gasteiger partial charge in [0.05, 0.1) is 6.61 Å². The Kier molecular flexibility index (Phi) is 5.31. The maximum absolute atomic E-state index is 12.3. The molecule has 4 nitrogen and oxygen atoms in total. The maximum Gasteiger partial charge on any atom is 0.246 e. The van der Waals surface area contributed by atoms with Crippen molar-refractivity contribution in [2.24, 2.45) is 5.92 Å². The third-order valence-electron chi connectivity index (χ3n) is 5.05. The third-order valence-corrected chi connectivity index (χ3v) is 5.05. The lowest BCUT2D eigenvalue weighted by Crippen LogP contribution is -2.49. The molecule has 21 heavy (non-hydrogen) atoms. The SMILES string of the molecule is O=C(C=C1CCCCC1)N1CCN(CC2CCOC2)CC1. The summed E-state index contributed by atoms with van der Waals surface area (Å²) in [6.07, 6.45) is 9.24. The van der Waals surface area contributed by atoms with E-state index in [0.29, 0.717) is 5.92 Å². The van der Waals surface area contributed by atoms with E-state index in [4.69, 9.17) is 4.74 Å². The van der Waals surface area contributed by atoms with Crippen LogP contribution in [0.5, 0.6) is 0 Å². The van der Waals surface area contributed by atoms with Crippen LogP contribution in [0.2, 0.25) is 0 Å².